The highest BCUT2D eigenvalue weighted by atomic mass is 16.5. The lowest BCUT2D eigenvalue weighted by molar-refractivity contribution is -0.137. The first-order valence-electron chi connectivity index (χ1n) is 8.20. The predicted molar refractivity (Wildman–Crippen MR) is 84.2 cm³/mol. The Morgan fingerprint density at radius 2 is 2.23 bits per heavy atom. The molecule has 0 spiro atoms. The molecule has 3 heterocycles. The molecule has 120 valence electrons. The largest absolute Gasteiger partial charge is 0.376 e. The third kappa shape index (κ3) is 3.84. The van der Waals surface area contributed by atoms with Gasteiger partial charge in [0.05, 0.1) is 12.0 Å². The van der Waals surface area contributed by atoms with Gasteiger partial charge in [-0.1, -0.05) is 0 Å². The molecule has 3 rings (SSSR count). The summed E-state index contributed by atoms with van der Waals surface area (Å²) >= 11 is 0. The number of hydrogen-bond donors (Lipinski definition) is 0. The Morgan fingerprint density at radius 1 is 1.41 bits per heavy atom. The van der Waals surface area contributed by atoms with E-state index in [-0.39, 0.29) is 17.9 Å². The molecule has 2 saturated heterocycles. The van der Waals surface area contributed by atoms with E-state index in [1.165, 1.54) is 0 Å². The van der Waals surface area contributed by atoms with Gasteiger partial charge in [0.1, 0.15) is 0 Å². The van der Waals surface area contributed by atoms with Crippen molar-refractivity contribution < 1.29 is 9.53 Å². The molecule has 1 aromatic heterocycles. The number of carbonyl (C=O) groups is 1. The predicted octanol–water partition coefficient (Wildman–Crippen LogP) is 1.54. The van der Waals surface area contributed by atoms with Gasteiger partial charge in [0.2, 0.25) is 5.91 Å². The van der Waals surface area contributed by atoms with Crippen molar-refractivity contribution in [1.29, 1.82) is 0 Å². The van der Waals surface area contributed by atoms with Crippen molar-refractivity contribution >= 4 is 5.91 Å². The molecule has 0 aliphatic carbocycles. The molecular formula is C17H25N3O2. The van der Waals surface area contributed by atoms with Crippen LogP contribution in [0.2, 0.25) is 0 Å². The molecule has 2 unspecified atom stereocenters. The van der Waals surface area contributed by atoms with Gasteiger partial charge >= 0.3 is 0 Å². The maximum Gasteiger partial charge on any atom is 0.227 e. The highest BCUT2D eigenvalue weighted by molar-refractivity contribution is 5.79. The fraction of sp³-hybridized carbons (Fsp3) is 0.647. The van der Waals surface area contributed by atoms with Gasteiger partial charge in [-0.2, -0.15) is 0 Å². The summed E-state index contributed by atoms with van der Waals surface area (Å²) in [5, 5.41) is 0. The number of amides is 1. The van der Waals surface area contributed by atoms with E-state index in [1.54, 1.807) is 12.4 Å². The van der Waals surface area contributed by atoms with Crippen molar-refractivity contribution in [3.63, 3.8) is 0 Å². The summed E-state index contributed by atoms with van der Waals surface area (Å²) in [6.45, 7) is 4.08. The second-order valence-electron chi connectivity index (χ2n) is 6.46. The number of carbonyl (C=O) groups excluding carboxylic acids is 1. The van der Waals surface area contributed by atoms with E-state index in [0.717, 1.165) is 44.5 Å². The van der Waals surface area contributed by atoms with Crippen LogP contribution in [-0.4, -0.2) is 60.1 Å². The topological polar surface area (TPSA) is 45.7 Å². The molecule has 2 aliphatic rings. The third-order valence-electron chi connectivity index (χ3n) is 4.62. The van der Waals surface area contributed by atoms with Crippen LogP contribution in [0.25, 0.3) is 0 Å². The Hall–Kier alpha value is -1.46. The van der Waals surface area contributed by atoms with Crippen LogP contribution in [-0.2, 0) is 16.1 Å². The number of rotatable bonds is 5. The summed E-state index contributed by atoms with van der Waals surface area (Å²) in [7, 11) is 2.08. The second kappa shape index (κ2) is 7.20. The lowest BCUT2D eigenvalue weighted by Crippen LogP contribution is -2.41. The number of likely N-dealkylation sites (tertiary alicyclic amines) is 1. The first-order chi connectivity index (χ1) is 10.7. The van der Waals surface area contributed by atoms with Gasteiger partial charge in [-0.3, -0.25) is 9.78 Å². The molecular weight excluding hydrogens is 278 g/mol. The van der Waals surface area contributed by atoms with Gasteiger partial charge in [0.15, 0.2) is 0 Å². The van der Waals surface area contributed by atoms with E-state index in [9.17, 15) is 4.79 Å². The highest BCUT2D eigenvalue weighted by Crippen LogP contribution is 2.21. The molecule has 2 aliphatic heterocycles. The van der Waals surface area contributed by atoms with Gasteiger partial charge in [-0.15, -0.1) is 0 Å². The van der Waals surface area contributed by atoms with Crippen molar-refractivity contribution in [1.82, 2.24) is 14.8 Å². The van der Waals surface area contributed by atoms with Crippen LogP contribution in [0.5, 0.6) is 0 Å². The molecule has 22 heavy (non-hydrogen) atoms. The summed E-state index contributed by atoms with van der Waals surface area (Å²) in [6.07, 6.45) is 6.90. The van der Waals surface area contributed by atoms with Gasteiger partial charge in [-0.05, 0) is 50.6 Å². The maximum absolute atomic E-state index is 12.9. The van der Waals surface area contributed by atoms with Crippen LogP contribution in [0.1, 0.15) is 24.8 Å². The minimum absolute atomic E-state index is 0.133. The standard InChI is InChI=1S/C17H25N3O2/c1-19-9-6-15(12-19)17(21)20(13-16-3-2-10-22-16)11-14-4-7-18-8-5-14/h4-5,7-8,15-16H,2-3,6,9-13H2,1H3. The molecule has 0 saturated carbocycles. The molecule has 2 atom stereocenters. The monoisotopic (exact) mass is 303 g/mol. The lowest BCUT2D eigenvalue weighted by Gasteiger charge is -2.28. The summed E-state index contributed by atoms with van der Waals surface area (Å²) in [5.41, 5.74) is 1.13. The van der Waals surface area contributed by atoms with Crippen LogP contribution >= 0.6 is 0 Å². The molecule has 0 aromatic carbocycles. The minimum Gasteiger partial charge on any atom is -0.376 e. The Labute approximate surface area is 132 Å². The minimum atomic E-state index is 0.133. The quantitative estimate of drug-likeness (QED) is 0.828. The molecule has 0 N–H and O–H groups in total. The Bertz CT molecular complexity index is 488. The molecule has 1 aromatic rings. The summed E-state index contributed by atoms with van der Waals surface area (Å²) < 4.78 is 5.74. The Morgan fingerprint density at radius 3 is 2.86 bits per heavy atom. The van der Waals surface area contributed by atoms with Crippen LogP contribution in [0.15, 0.2) is 24.5 Å². The van der Waals surface area contributed by atoms with E-state index >= 15 is 0 Å². The number of pyridine rings is 1. The molecule has 5 heteroatoms. The average Bonchev–Trinajstić information content (AvgIpc) is 3.18. The van der Waals surface area contributed by atoms with Crippen molar-refractivity contribution in [2.24, 2.45) is 5.92 Å². The summed E-state index contributed by atoms with van der Waals surface area (Å²) in [4.78, 5) is 21.2. The number of ether oxygens (including phenoxy) is 1. The third-order valence-corrected chi connectivity index (χ3v) is 4.62. The zero-order valence-electron chi connectivity index (χ0n) is 13.3. The van der Waals surface area contributed by atoms with Crippen LogP contribution in [0.3, 0.4) is 0 Å². The van der Waals surface area contributed by atoms with Crippen molar-refractivity contribution in [3.8, 4) is 0 Å². The molecule has 1 amide bonds. The van der Waals surface area contributed by atoms with E-state index in [2.05, 4.69) is 16.9 Å². The highest BCUT2D eigenvalue weighted by Gasteiger charge is 2.31. The van der Waals surface area contributed by atoms with Crippen molar-refractivity contribution in [3.05, 3.63) is 30.1 Å². The first kappa shape index (κ1) is 15.4. The zero-order valence-corrected chi connectivity index (χ0v) is 13.3. The average molecular weight is 303 g/mol. The van der Waals surface area contributed by atoms with Gasteiger partial charge in [0.25, 0.3) is 0 Å². The second-order valence-corrected chi connectivity index (χ2v) is 6.46. The molecule has 0 radical (unpaired) electrons. The SMILES string of the molecule is CN1CCC(C(=O)N(Cc2ccncc2)CC2CCCO2)C1. The molecule has 5 nitrogen and oxygen atoms in total. The van der Waals surface area contributed by atoms with Crippen LogP contribution in [0.4, 0.5) is 0 Å². The summed E-state index contributed by atoms with van der Waals surface area (Å²) in [5.74, 6) is 0.407. The summed E-state index contributed by atoms with van der Waals surface area (Å²) in [6, 6.07) is 3.97. The lowest BCUT2D eigenvalue weighted by atomic mass is 10.1. The van der Waals surface area contributed by atoms with Gasteiger partial charge < -0.3 is 14.5 Å². The normalized spacial score (nSPS) is 25.5. The number of nitrogens with zero attached hydrogens (tertiary/aromatic N) is 3. The van der Waals surface area contributed by atoms with Crippen molar-refractivity contribution in [2.45, 2.75) is 31.9 Å². The fourth-order valence-corrected chi connectivity index (χ4v) is 3.37. The Kier molecular flexibility index (Phi) is 5.05. The van der Waals surface area contributed by atoms with E-state index in [0.29, 0.717) is 13.1 Å². The zero-order chi connectivity index (χ0) is 15.4. The van der Waals surface area contributed by atoms with E-state index in [1.807, 2.05) is 17.0 Å². The molecule has 2 fully saturated rings. The molecule has 0 bridgehead atoms. The number of hydrogen-bond acceptors (Lipinski definition) is 4. The fourth-order valence-electron chi connectivity index (χ4n) is 3.37. The number of aromatic nitrogens is 1. The van der Waals surface area contributed by atoms with E-state index < -0.39 is 0 Å². The van der Waals surface area contributed by atoms with Gasteiger partial charge in [0, 0.05) is 38.6 Å². The maximum atomic E-state index is 12.9. The smallest absolute Gasteiger partial charge is 0.227 e. The first-order valence-corrected chi connectivity index (χ1v) is 8.20. The van der Waals surface area contributed by atoms with Crippen LogP contribution in [0, 0.1) is 5.92 Å². The van der Waals surface area contributed by atoms with Gasteiger partial charge in [-0.25, -0.2) is 0 Å². The Balaban J connectivity index is 1.68. The van der Waals surface area contributed by atoms with Crippen LogP contribution < -0.4 is 0 Å². The van der Waals surface area contributed by atoms with Crippen molar-refractivity contribution in [2.75, 3.05) is 33.3 Å². The van der Waals surface area contributed by atoms with E-state index in [4.69, 9.17) is 4.74 Å².